The van der Waals surface area contributed by atoms with Crippen molar-refractivity contribution >= 4 is 23.5 Å². The number of carbonyl (C=O) groups excluding carboxylic acids is 2. The molecule has 27 heavy (non-hydrogen) atoms. The van der Waals surface area contributed by atoms with E-state index >= 15 is 0 Å². The van der Waals surface area contributed by atoms with Gasteiger partial charge in [0.2, 0.25) is 5.91 Å². The van der Waals surface area contributed by atoms with Crippen LogP contribution in [-0.2, 0) is 33.3 Å². The summed E-state index contributed by atoms with van der Waals surface area (Å²) in [7, 11) is 0. The van der Waals surface area contributed by atoms with Crippen LogP contribution in [0.3, 0.4) is 0 Å². The molecule has 0 unspecified atom stereocenters. The second-order valence-electron chi connectivity index (χ2n) is 5.49. The standard InChI is InChI=1S/C18H35NO7S/c1-3-27-15-14-26-13-12-25-11-10-24-9-8-23-7-6-22-5-4-19-18(21)16-17(2)20/h3-16H2,1-2H3,(H,19,21). The molecule has 0 radical (unpaired) electrons. The molecule has 0 aliphatic heterocycles. The lowest BCUT2D eigenvalue weighted by Crippen LogP contribution is -2.28. The minimum Gasteiger partial charge on any atom is -0.378 e. The van der Waals surface area contributed by atoms with Crippen LogP contribution in [0.15, 0.2) is 0 Å². The van der Waals surface area contributed by atoms with Gasteiger partial charge in [0.05, 0.1) is 72.5 Å². The average Bonchev–Trinajstić information content (AvgIpc) is 2.63. The number of amides is 1. The van der Waals surface area contributed by atoms with Crippen LogP contribution in [0.1, 0.15) is 20.3 Å². The van der Waals surface area contributed by atoms with Gasteiger partial charge < -0.3 is 29.0 Å². The number of Topliss-reactive ketones (excluding diaryl/α,β-unsaturated/α-hetero) is 1. The highest BCUT2D eigenvalue weighted by molar-refractivity contribution is 7.99. The fraction of sp³-hybridized carbons (Fsp3) is 0.889. The predicted octanol–water partition coefficient (Wildman–Crippen LogP) is 0.918. The molecule has 0 aliphatic carbocycles. The van der Waals surface area contributed by atoms with Gasteiger partial charge in [-0.1, -0.05) is 6.92 Å². The number of hydrogen-bond donors (Lipinski definition) is 1. The Kier molecular flexibility index (Phi) is 21.0. The van der Waals surface area contributed by atoms with Crippen LogP contribution in [0, 0.1) is 0 Å². The van der Waals surface area contributed by atoms with Crippen LogP contribution in [0.25, 0.3) is 0 Å². The minimum absolute atomic E-state index is 0.0831. The highest BCUT2D eigenvalue weighted by Crippen LogP contribution is 1.96. The van der Waals surface area contributed by atoms with Crippen molar-refractivity contribution in [3.8, 4) is 0 Å². The summed E-state index contributed by atoms with van der Waals surface area (Å²) in [6, 6.07) is 0. The summed E-state index contributed by atoms with van der Waals surface area (Å²) in [6.45, 7) is 9.27. The lowest BCUT2D eigenvalue weighted by molar-refractivity contribution is -0.127. The number of ether oxygens (including phenoxy) is 5. The zero-order valence-corrected chi connectivity index (χ0v) is 17.5. The molecule has 8 nitrogen and oxygen atoms in total. The van der Waals surface area contributed by atoms with Gasteiger partial charge in [0, 0.05) is 12.3 Å². The molecule has 0 bridgehead atoms. The van der Waals surface area contributed by atoms with Crippen LogP contribution in [0.4, 0.5) is 0 Å². The van der Waals surface area contributed by atoms with Gasteiger partial charge in [-0.25, -0.2) is 0 Å². The summed E-state index contributed by atoms with van der Waals surface area (Å²) >= 11 is 1.87. The fourth-order valence-corrected chi connectivity index (χ4v) is 2.32. The predicted molar refractivity (Wildman–Crippen MR) is 105 cm³/mol. The first-order valence-electron chi connectivity index (χ1n) is 9.39. The first kappa shape index (κ1) is 26.3. The molecule has 1 N–H and O–H groups in total. The number of hydrogen-bond acceptors (Lipinski definition) is 8. The third-order valence-corrected chi connectivity index (χ3v) is 3.91. The van der Waals surface area contributed by atoms with E-state index in [4.69, 9.17) is 23.7 Å². The van der Waals surface area contributed by atoms with Gasteiger partial charge >= 0.3 is 0 Å². The monoisotopic (exact) mass is 409 g/mol. The quantitative estimate of drug-likeness (QED) is 0.221. The maximum atomic E-state index is 11.2. The molecule has 0 aromatic heterocycles. The third kappa shape index (κ3) is 23.3. The van der Waals surface area contributed by atoms with Gasteiger partial charge in [0.1, 0.15) is 5.78 Å². The van der Waals surface area contributed by atoms with Crippen molar-refractivity contribution in [1.29, 1.82) is 0 Å². The van der Waals surface area contributed by atoms with Crippen LogP contribution in [-0.4, -0.2) is 95.8 Å². The van der Waals surface area contributed by atoms with Crippen molar-refractivity contribution in [1.82, 2.24) is 5.32 Å². The number of rotatable bonds is 21. The summed E-state index contributed by atoms with van der Waals surface area (Å²) in [6.07, 6.45) is -0.0831. The van der Waals surface area contributed by atoms with E-state index < -0.39 is 0 Å². The molecule has 0 spiro atoms. The number of ketones is 1. The maximum Gasteiger partial charge on any atom is 0.227 e. The van der Waals surface area contributed by atoms with Crippen LogP contribution in [0.5, 0.6) is 0 Å². The Morgan fingerprint density at radius 1 is 0.741 bits per heavy atom. The Bertz CT molecular complexity index is 359. The Balaban J connectivity index is 3.07. The molecule has 0 rings (SSSR count). The van der Waals surface area contributed by atoms with E-state index in [1.165, 1.54) is 6.92 Å². The van der Waals surface area contributed by atoms with E-state index in [1.54, 1.807) is 0 Å². The van der Waals surface area contributed by atoms with Gasteiger partial charge in [-0.2, -0.15) is 11.8 Å². The molecular formula is C18H35NO7S. The molecule has 1 amide bonds. The SMILES string of the molecule is CCSCCOCCOCCOCCOCCOCCNC(=O)CC(C)=O. The van der Waals surface area contributed by atoms with E-state index in [0.29, 0.717) is 66.0 Å². The first-order valence-corrected chi connectivity index (χ1v) is 10.5. The Hall–Kier alpha value is -0.710. The smallest absolute Gasteiger partial charge is 0.227 e. The second-order valence-corrected chi connectivity index (χ2v) is 6.88. The summed E-state index contributed by atoms with van der Waals surface area (Å²) in [5.74, 6) is 1.72. The molecule has 9 heteroatoms. The lowest BCUT2D eigenvalue weighted by Gasteiger charge is -2.08. The molecule has 0 fully saturated rings. The molecule has 0 saturated carbocycles. The molecule has 0 aromatic rings. The van der Waals surface area contributed by atoms with Gasteiger partial charge in [0.25, 0.3) is 0 Å². The number of nitrogens with one attached hydrogen (secondary N) is 1. The number of thioether (sulfide) groups is 1. The summed E-state index contributed by atoms with van der Waals surface area (Å²) < 4.78 is 26.9. The summed E-state index contributed by atoms with van der Waals surface area (Å²) in [5.41, 5.74) is 0. The van der Waals surface area contributed by atoms with Crippen molar-refractivity contribution in [2.45, 2.75) is 20.3 Å². The highest BCUT2D eigenvalue weighted by Gasteiger charge is 2.03. The maximum absolute atomic E-state index is 11.2. The zero-order chi connectivity index (χ0) is 20.0. The number of carbonyl (C=O) groups is 2. The Morgan fingerprint density at radius 3 is 1.63 bits per heavy atom. The second kappa shape index (κ2) is 21.6. The molecule has 0 aliphatic rings. The lowest BCUT2D eigenvalue weighted by atomic mass is 10.3. The van der Waals surface area contributed by atoms with Gasteiger partial charge in [0.15, 0.2) is 0 Å². The topological polar surface area (TPSA) is 92.3 Å². The molecule has 0 atom stereocenters. The normalized spacial score (nSPS) is 10.9. The first-order chi connectivity index (χ1) is 13.2. The molecule has 0 aromatic carbocycles. The summed E-state index contributed by atoms with van der Waals surface area (Å²) in [5, 5.41) is 2.60. The van der Waals surface area contributed by atoms with Crippen molar-refractivity contribution in [2.24, 2.45) is 0 Å². The van der Waals surface area contributed by atoms with E-state index in [9.17, 15) is 9.59 Å². The highest BCUT2D eigenvalue weighted by atomic mass is 32.2. The molecule has 160 valence electrons. The van der Waals surface area contributed by atoms with E-state index in [-0.39, 0.29) is 18.1 Å². The molecular weight excluding hydrogens is 374 g/mol. The average molecular weight is 410 g/mol. The van der Waals surface area contributed by atoms with Gasteiger partial charge in [-0.15, -0.1) is 0 Å². The minimum atomic E-state index is -0.276. The van der Waals surface area contributed by atoms with Crippen molar-refractivity contribution in [3.05, 3.63) is 0 Å². The van der Waals surface area contributed by atoms with Crippen LogP contribution >= 0.6 is 11.8 Å². The van der Waals surface area contributed by atoms with Gasteiger partial charge in [-0.05, 0) is 12.7 Å². The zero-order valence-electron chi connectivity index (χ0n) is 16.7. The fourth-order valence-electron chi connectivity index (χ4n) is 1.80. The van der Waals surface area contributed by atoms with Crippen molar-refractivity contribution in [2.75, 3.05) is 84.1 Å². The largest absolute Gasteiger partial charge is 0.378 e. The third-order valence-electron chi connectivity index (χ3n) is 3.04. The van der Waals surface area contributed by atoms with Gasteiger partial charge in [-0.3, -0.25) is 9.59 Å². The summed E-state index contributed by atoms with van der Waals surface area (Å²) in [4.78, 5) is 21.9. The molecule has 0 heterocycles. The molecule has 0 saturated heterocycles. The van der Waals surface area contributed by atoms with E-state index in [0.717, 1.165) is 18.1 Å². The van der Waals surface area contributed by atoms with Crippen LogP contribution < -0.4 is 5.32 Å². The van der Waals surface area contributed by atoms with Crippen molar-refractivity contribution in [3.63, 3.8) is 0 Å². The van der Waals surface area contributed by atoms with E-state index in [1.807, 2.05) is 11.8 Å². The Labute approximate surface area is 167 Å². The van der Waals surface area contributed by atoms with E-state index in [2.05, 4.69) is 12.2 Å². The van der Waals surface area contributed by atoms with Crippen molar-refractivity contribution < 1.29 is 33.3 Å². The van der Waals surface area contributed by atoms with Crippen LogP contribution in [0.2, 0.25) is 0 Å². The Morgan fingerprint density at radius 2 is 1.19 bits per heavy atom.